The van der Waals surface area contributed by atoms with Gasteiger partial charge in [-0.05, 0) is 44.2 Å². The Morgan fingerprint density at radius 2 is 2.24 bits per heavy atom. The van der Waals surface area contributed by atoms with Crippen molar-refractivity contribution in [2.24, 2.45) is 11.1 Å². The largest absolute Gasteiger partial charge is 0.338 e. The van der Waals surface area contributed by atoms with E-state index in [1.807, 2.05) is 24.8 Å². The molecule has 1 unspecified atom stereocenters. The molecular weight excluding hydrogens is 310 g/mol. The molecule has 8 heteroatoms. The number of rotatable bonds is 4. The van der Waals surface area contributed by atoms with Crippen molar-refractivity contribution in [1.29, 1.82) is 0 Å². The summed E-state index contributed by atoms with van der Waals surface area (Å²) in [5, 5.41) is 4.94. The monoisotopic (exact) mass is 331 g/mol. The van der Waals surface area contributed by atoms with E-state index in [0.29, 0.717) is 6.54 Å². The summed E-state index contributed by atoms with van der Waals surface area (Å²) in [5.41, 5.74) is 1.13. The number of thiophene rings is 1. The Morgan fingerprint density at radius 1 is 1.52 bits per heavy atom. The fourth-order valence-electron chi connectivity index (χ4n) is 2.48. The molecule has 0 bridgehead atoms. The average molecular weight is 331 g/mol. The number of hydrogen-bond acceptors (Lipinski definition) is 4. The molecule has 0 spiro atoms. The first-order chi connectivity index (χ1) is 9.76. The molecule has 0 saturated carbocycles. The fraction of sp³-hybridized carbons (Fsp3) is 0.615. The number of carbonyl (C=O) groups excluding carboxylic acids is 1. The minimum absolute atomic E-state index is 0.0384. The SMILES string of the molecule is Cc1cc(C(=O)N2CCCC(CNS(N)(=O)=O)C2)sc1C. The van der Waals surface area contributed by atoms with Crippen LogP contribution in [0.4, 0.5) is 0 Å². The first kappa shape index (κ1) is 16.4. The third-order valence-electron chi connectivity index (χ3n) is 3.76. The van der Waals surface area contributed by atoms with Gasteiger partial charge in [0.15, 0.2) is 0 Å². The lowest BCUT2D eigenvalue weighted by Gasteiger charge is -2.32. The molecular formula is C13H21N3O3S2. The van der Waals surface area contributed by atoms with E-state index >= 15 is 0 Å². The first-order valence-corrected chi connectivity index (χ1v) is 9.26. The molecule has 118 valence electrons. The molecule has 6 nitrogen and oxygen atoms in total. The van der Waals surface area contributed by atoms with Crippen molar-refractivity contribution in [2.75, 3.05) is 19.6 Å². The van der Waals surface area contributed by atoms with Crippen LogP contribution >= 0.6 is 11.3 Å². The molecule has 0 aliphatic carbocycles. The topological polar surface area (TPSA) is 92.5 Å². The Bertz CT molecular complexity index is 605. The van der Waals surface area contributed by atoms with Gasteiger partial charge in [0.05, 0.1) is 4.88 Å². The summed E-state index contributed by atoms with van der Waals surface area (Å²) in [6, 6.07) is 1.93. The minimum Gasteiger partial charge on any atom is -0.338 e. The van der Waals surface area contributed by atoms with Crippen molar-refractivity contribution in [3.05, 3.63) is 21.4 Å². The van der Waals surface area contributed by atoms with Crippen LogP contribution in [-0.2, 0) is 10.2 Å². The van der Waals surface area contributed by atoms with Gasteiger partial charge in [-0.1, -0.05) is 0 Å². The Labute approximate surface area is 129 Å². The molecule has 3 N–H and O–H groups in total. The van der Waals surface area contributed by atoms with Crippen LogP contribution in [0.3, 0.4) is 0 Å². The van der Waals surface area contributed by atoms with Crippen LogP contribution in [-0.4, -0.2) is 38.9 Å². The molecule has 2 heterocycles. The van der Waals surface area contributed by atoms with Gasteiger partial charge in [0.25, 0.3) is 16.1 Å². The third-order valence-corrected chi connectivity index (χ3v) is 5.47. The maximum atomic E-state index is 12.5. The molecule has 0 radical (unpaired) electrons. The number of nitrogens with one attached hydrogen (secondary N) is 1. The summed E-state index contributed by atoms with van der Waals surface area (Å²) in [6.07, 6.45) is 1.78. The van der Waals surface area contributed by atoms with Crippen LogP contribution in [0.5, 0.6) is 0 Å². The smallest absolute Gasteiger partial charge is 0.274 e. The van der Waals surface area contributed by atoms with Gasteiger partial charge in [-0.2, -0.15) is 8.42 Å². The quantitative estimate of drug-likeness (QED) is 0.862. The summed E-state index contributed by atoms with van der Waals surface area (Å²) in [6.45, 7) is 5.58. The zero-order chi connectivity index (χ0) is 15.6. The van der Waals surface area contributed by atoms with Crippen molar-refractivity contribution in [2.45, 2.75) is 26.7 Å². The van der Waals surface area contributed by atoms with Gasteiger partial charge in [0, 0.05) is 24.5 Å². The maximum absolute atomic E-state index is 12.5. The molecule has 21 heavy (non-hydrogen) atoms. The zero-order valence-corrected chi connectivity index (χ0v) is 13.9. The number of piperidine rings is 1. The highest BCUT2D eigenvalue weighted by Gasteiger charge is 2.26. The second-order valence-corrected chi connectivity index (χ2v) is 8.14. The van der Waals surface area contributed by atoms with Crippen LogP contribution < -0.4 is 9.86 Å². The predicted molar refractivity (Wildman–Crippen MR) is 83.5 cm³/mol. The minimum atomic E-state index is -3.67. The Kier molecular flexibility index (Phi) is 5.03. The molecule has 1 aromatic heterocycles. The van der Waals surface area contributed by atoms with E-state index in [2.05, 4.69) is 4.72 Å². The molecule has 1 fully saturated rings. The molecule has 1 atom stereocenters. The second kappa shape index (κ2) is 6.43. The molecule has 1 aromatic rings. The lowest BCUT2D eigenvalue weighted by Crippen LogP contribution is -2.44. The summed E-state index contributed by atoms with van der Waals surface area (Å²) in [4.78, 5) is 16.2. The lowest BCUT2D eigenvalue weighted by molar-refractivity contribution is 0.0681. The van der Waals surface area contributed by atoms with E-state index in [0.717, 1.165) is 34.7 Å². The van der Waals surface area contributed by atoms with Crippen LogP contribution in [0.1, 0.15) is 33.0 Å². The fourth-order valence-corrected chi connectivity index (χ4v) is 3.95. The summed E-state index contributed by atoms with van der Waals surface area (Å²) >= 11 is 1.51. The van der Waals surface area contributed by atoms with Crippen molar-refractivity contribution < 1.29 is 13.2 Å². The van der Waals surface area contributed by atoms with E-state index < -0.39 is 10.2 Å². The van der Waals surface area contributed by atoms with Gasteiger partial charge in [0.1, 0.15) is 0 Å². The molecule has 1 aliphatic heterocycles. The first-order valence-electron chi connectivity index (χ1n) is 6.90. The second-order valence-electron chi connectivity index (χ2n) is 5.50. The highest BCUT2D eigenvalue weighted by molar-refractivity contribution is 7.87. The van der Waals surface area contributed by atoms with Gasteiger partial charge in [0.2, 0.25) is 0 Å². The van der Waals surface area contributed by atoms with Crippen LogP contribution in [0, 0.1) is 19.8 Å². The van der Waals surface area contributed by atoms with E-state index in [4.69, 9.17) is 5.14 Å². The summed E-state index contributed by atoms with van der Waals surface area (Å²) in [7, 11) is -3.67. The molecule has 1 amide bonds. The Balaban J connectivity index is 1.98. The highest BCUT2D eigenvalue weighted by Crippen LogP contribution is 2.24. The van der Waals surface area contributed by atoms with Crippen LogP contribution in [0.25, 0.3) is 0 Å². The number of nitrogens with two attached hydrogens (primary N) is 1. The van der Waals surface area contributed by atoms with Crippen LogP contribution in [0.2, 0.25) is 0 Å². The Morgan fingerprint density at radius 3 is 2.81 bits per heavy atom. The molecule has 2 rings (SSSR count). The Hall–Kier alpha value is -0.960. The number of likely N-dealkylation sites (tertiary alicyclic amines) is 1. The number of aryl methyl sites for hydroxylation is 2. The van der Waals surface area contributed by atoms with Crippen LogP contribution in [0.15, 0.2) is 6.07 Å². The molecule has 0 aromatic carbocycles. The van der Waals surface area contributed by atoms with Gasteiger partial charge < -0.3 is 4.90 Å². The predicted octanol–water partition coefficient (Wildman–Crippen LogP) is 1.01. The maximum Gasteiger partial charge on any atom is 0.274 e. The number of amides is 1. The van der Waals surface area contributed by atoms with Crippen molar-refractivity contribution in [3.63, 3.8) is 0 Å². The van der Waals surface area contributed by atoms with Crippen molar-refractivity contribution in [3.8, 4) is 0 Å². The van der Waals surface area contributed by atoms with Gasteiger partial charge >= 0.3 is 0 Å². The van der Waals surface area contributed by atoms with Gasteiger partial charge in [-0.15, -0.1) is 11.3 Å². The molecule has 1 aliphatic rings. The van der Waals surface area contributed by atoms with Crippen molar-refractivity contribution >= 4 is 27.5 Å². The normalized spacial score (nSPS) is 19.8. The summed E-state index contributed by atoms with van der Waals surface area (Å²) in [5.74, 6) is 0.152. The highest BCUT2D eigenvalue weighted by atomic mass is 32.2. The van der Waals surface area contributed by atoms with Crippen molar-refractivity contribution in [1.82, 2.24) is 9.62 Å². The third kappa shape index (κ3) is 4.50. The number of hydrogen-bond donors (Lipinski definition) is 2. The van der Waals surface area contributed by atoms with Gasteiger partial charge in [-0.3, -0.25) is 4.79 Å². The number of carbonyl (C=O) groups is 1. The van der Waals surface area contributed by atoms with Gasteiger partial charge in [-0.25, -0.2) is 9.86 Å². The summed E-state index contributed by atoms with van der Waals surface area (Å²) < 4.78 is 24.2. The van der Waals surface area contributed by atoms with E-state index in [-0.39, 0.29) is 18.4 Å². The van der Waals surface area contributed by atoms with E-state index in [1.165, 1.54) is 11.3 Å². The number of nitrogens with zero attached hydrogens (tertiary/aromatic N) is 1. The van der Waals surface area contributed by atoms with E-state index in [1.54, 1.807) is 0 Å². The standard InChI is InChI=1S/C13H21N3O3S2/c1-9-6-12(20-10(9)2)13(17)16-5-3-4-11(8-16)7-15-21(14,18)19/h6,11,15H,3-5,7-8H2,1-2H3,(H2,14,18,19). The zero-order valence-electron chi connectivity index (χ0n) is 12.3. The molecule has 1 saturated heterocycles. The lowest BCUT2D eigenvalue weighted by atomic mass is 9.98. The van der Waals surface area contributed by atoms with E-state index in [9.17, 15) is 13.2 Å². The average Bonchev–Trinajstić information content (AvgIpc) is 2.75.